The number of hydrogen-bond acceptors (Lipinski definition) is 1. The molecule has 0 amide bonds. The van der Waals surface area contributed by atoms with Gasteiger partial charge in [-0.3, -0.25) is 0 Å². The zero-order valence-electron chi connectivity index (χ0n) is 9.25. The summed E-state index contributed by atoms with van der Waals surface area (Å²) in [5, 5.41) is 0. The van der Waals surface area contributed by atoms with Gasteiger partial charge < -0.3 is 4.90 Å². The second-order valence-electron chi connectivity index (χ2n) is 5.05. The summed E-state index contributed by atoms with van der Waals surface area (Å²) < 4.78 is 0. The van der Waals surface area contributed by atoms with Gasteiger partial charge in [-0.25, -0.2) is 0 Å². The van der Waals surface area contributed by atoms with Crippen molar-refractivity contribution in [3.8, 4) is 0 Å². The summed E-state index contributed by atoms with van der Waals surface area (Å²) in [6.07, 6.45) is 10.2. The molecular formula is C12H24NP. The van der Waals surface area contributed by atoms with E-state index in [2.05, 4.69) is 14.1 Å². The molecule has 0 aromatic heterocycles. The van der Waals surface area contributed by atoms with Crippen molar-refractivity contribution in [2.24, 2.45) is 5.92 Å². The lowest BCUT2D eigenvalue weighted by atomic mass is 9.86. The highest BCUT2D eigenvalue weighted by Crippen LogP contribution is 2.32. The summed E-state index contributed by atoms with van der Waals surface area (Å²) in [6, 6.07) is 0. The molecule has 0 N–H and O–H groups in total. The van der Waals surface area contributed by atoms with E-state index in [9.17, 15) is 0 Å². The first-order chi connectivity index (χ1) is 6.86. The van der Waals surface area contributed by atoms with Crippen molar-refractivity contribution in [3.63, 3.8) is 0 Å². The fourth-order valence-electron chi connectivity index (χ4n) is 2.95. The molecule has 1 saturated heterocycles. The minimum Gasteiger partial charge on any atom is -0.303 e. The van der Waals surface area contributed by atoms with Gasteiger partial charge in [0.25, 0.3) is 0 Å². The van der Waals surface area contributed by atoms with E-state index in [1.165, 1.54) is 64.6 Å². The molecule has 0 aromatic carbocycles. The van der Waals surface area contributed by atoms with Crippen LogP contribution in [0.5, 0.6) is 0 Å². The van der Waals surface area contributed by atoms with Crippen molar-refractivity contribution >= 4 is 9.24 Å². The molecule has 0 bridgehead atoms. The van der Waals surface area contributed by atoms with E-state index in [0.29, 0.717) is 0 Å². The van der Waals surface area contributed by atoms with Crippen molar-refractivity contribution in [2.75, 3.05) is 19.6 Å². The van der Waals surface area contributed by atoms with E-state index in [4.69, 9.17) is 0 Å². The Morgan fingerprint density at radius 2 is 1.71 bits per heavy atom. The highest BCUT2D eigenvalue weighted by molar-refractivity contribution is 7.17. The monoisotopic (exact) mass is 213 g/mol. The molecule has 82 valence electrons. The Bertz CT molecular complexity index is 166. The van der Waals surface area contributed by atoms with Gasteiger partial charge in [0, 0.05) is 0 Å². The highest BCUT2D eigenvalue weighted by atomic mass is 31.0. The Kier molecular flexibility index (Phi) is 4.25. The second-order valence-corrected chi connectivity index (χ2v) is 5.90. The standard InChI is InChI=1S/C12H24NP/c14-12-6-2-1-5-11(12)7-10-13-8-3-4-9-13/h11-12H,1-10,14H2. The molecule has 3 unspecified atom stereocenters. The Hall–Kier alpha value is 0.390. The Balaban J connectivity index is 1.67. The largest absolute Gasteiger partial charge is 0.303 e. The van der Waals surface area contributed by atoms with Crippen LogP contribution in [0.15, 0.2) is 0 Å². The lowest BCUT2D eigenvalue weighted by Crippen LogP contribution is -2.27. The minimum absolute atomic E-state index is 0.923. The average Bonchev–Trinajstić information content (AvgIpc) is 2.69. The van der Waals surface area contributed by atoms with Gasteiger partial charge >= 0.3 is 0 Å². The van der Waals surface area contributed by atoms with Gasteiger partial charge in [0.05, 0.1) is 0 Å². The first-order valence-corrected chi connectivity index (χ1v) is 7.01. The van der Waals surface area contributed by atoms with E-state index in [-0.39, 0.29) is 0 Å². The maximum atomic E-state index is 3.08. The summed E-state index contributed by atoms with van der Waals surface area (Å²) in [6.45, 7) is 4.11. The third kappa shape index (κ3) is 2.94. The summed E-state index contributed by atoms with van der Waals surface area (Å²) in [5.74, 6) is 1.01. The van der Waals surface area contributed by atoms with Crippen LogP contribution in [0.1, 0.15) is 44.9 Å². The Morgan fingerprint density at radius 3 is 2.43 bits per heavy atom. The third-order valence-corrected chi connectivity index (χ3v) is 4.86. The fraction of sp³-hybridized carbons (Fsp3) is 1.00. The molecule has 1 heterocycles. The fourth-order valence-corrected chi connectivity index (χ4v) is 3.57. The maximum Gasteiger partial charge on any atom is -0.00159 e. The maximum absolute atomic E-state index is 3.08. The summed E-state index contributed by atoms with van der Waals surface area (Å²) in [4.78, 5) is 2.66. The van der Waals surface area contributed by atoms with Crippen LogP contribution in [-0.4, -0.2) is 30.2 Å². The SMILES string of the molecule is PC1CCCCC1CCN1CCCC1. The summed E-state index contributed by atoms with van der Waals surface area (Å²) in [5.41, 5.74) is 0.923. The van der Waals surface area contributed by atoms with E-state index in [1.807, 2.05) is 0 Å². The van der Waals surface area contributed by atoms with Crippen LogP contribution in [0, 0.1) is 5.92 Å². The van der Waals surface area contributed by atoms with Gasteiger partial charge in [-0.15, -0.1) is 9.24 Å². The number of likely N-dealkylation sites (tertiary alicyclic amines) is 1. The molecule has 0 radical (unpaired) electrons. The van der Waals surface area contributed by atoms with Crippen LogP contribution < -0.4 is 0 Å². The first kappa shape index (κ1) is 10.9. The lowest BCUT2D eigenvalue weighted by Gasteiger charge is -2.30. The van der Waals surface area contributed by atoms with Crippen molar-refractivity contribution in [2.45, 2.75) is 50.6 Å². The molecule has 14 heavy (non-hydrogen) atoms. The number of nitrogens with zero attached hydrogens (tertiary/aromatic N) is 1. The molecular weight excluding hydrogens is 189 g/mol. The van der Waals surface area contributed by atoms with Crippen molar-refractivity contribution in [1.82, 2.24) is 4.90 Å². The van der Waals surface area contributed by atoms with Gasteiger partial charge in [-0.1, -0.05) is 12.8 Å². The molecule has 1 saturated carbocycles. The van der Waals surface area contributed by atoms with Gasteiger partial charge in [-0.2, -0.15) is 0 Å². The van der Waals surface area contributed by atoms with Crippen molar-refractivity contribution in [1.29, 1.82) is 0 Å². The zero-order chi connectivity index (χ0) is 9.80. The van der Waals surface area contributed by atoms with Gasteiger partial charge in [-0.05, 0) is 63.3 Å². The van der Waals surface area contributed by atoms with Crippen LogP contribution >= 0.6 is 9.24 Å². The van der Waals surface area contributed by atoms with Gasteiger partial charge in [0.15, 0.2) is 0 Å². The van der Waals surface area contributed by atoms with Crippen LogP contribution in [0.25, 0.3) is 0 Å². The van der Waals surface area contributed by atoms with Gasteiger partial charge in [0.1, 0.15) is 0 Å². The molecule has 0 aromatic rings. The Morgan fingerprint density at radius 1 is 1.00 bits per heavy atom. The number of hydrogen-bond donors (Lipinski definition) is 0. The molecule has 0 spiro atoms. The molecule has 2 rings (SSSR count). The molecule has 3 atom stereocenters. The average molecular weight is 213 g/mol. The zero-order valence-corrected chi connectivity index (χ0v) is 10.4. The van der Waals surface area contributed by atoms with Crippen LogP contribution in [0.3, 0.4) is 0 Å². The van der Waals surface area contributed by atoms with Crippen LogP contribution in [-0.2, 0) is 0 Å². The predicted molar refractivity (Wildman–Crippen MR) is 65.7 cm³/mol. The Labute approximate surface area is 90.8 Å². The van der Waals surface area contributed by atoms with E-state index in [0.717, 1.165) is 11.6 Å². The molecule has 2 heteroatoms. The molecule has 1 aliphatic carbocycles. The predicted octanol–water partition coefficient (Wildman–Crippen LogP) is 2.91. The molecule has 2 fully saturated rings. The third-order valence-electron chi connectivity index (χ3n) is 3.98. The number of rotatable bonds is 3. The second kappa shape index (κ2) is 5.47. The normalized spacial score (nSPS) is 34.9. The van der Waals surface area contributed by atoms with Crippen molar-refractivity contribution in [3.05, 3.63) is 0 Å². The lowest BCUT2D eigenvalue weighted by molar-refractivity contribution is 0.271. The highest BCUT2D eigenvalue weighted by Gasteiger charge is 2.22. The van der Waals surface area contributed by atoms with Gasteiger partial charge in [0.2, 0.25) is 0 Å². The van der Waals surface area contributed by atoms with Crippen LogP contribution in [0.2, 0.25) is 0 Å². The van der Waals surface area contributed by atoms with E-state index >= 15 is 0 Å². The molecule has 1 aliphatic heterocycles. The van der Waals surface area contributed by atoms with Crippen LogP contribution in [0.4, 0.5) is 0 Å². The molecule has 1 nitrogen and oxygen atoms in total. The summed E-state index contributed by atoms with van der Waals surface area (Å²) >= 11 is 0. The molecule has 2 aliphatic rings. The first-order valence-electron chi connectivity index (χ1n) is 6.34. The minimum atomic E-state index is 0.923. The van der Waals surface area contributed by atoms with Crippen molar-refractivity contribution < 1.29 is 0 Å². The summed E-state index contributed by atoms with van der Waals surface area (Å²) in [7, 11) is 3.08. The smallest absolute Gasteiger partial charge is 0.00159 e. The topological polar surface area (TPSA) is 3.24 Å². The van der Waals surface area contributed by atoms with E-state index < -0.39 is 0 Å². The quantitative estimate of drug-likeness (QED) is 0.652. The van der Waals surface area contributed by atoms with E-state index in [1.54, 1.807) is 0 Å².